The van der Waals surface area contributed by atoms with Gasteiger partial charge in [0.05, 0.1) is 12.0 Å². The third-order valence-corrected chi connectivity index (χ3v) is 12.1. The number of allylic oxidation sites excluding steroid dienone is 1. The molecule has 3 saturated carbocycles. The number of hydrogen-bond acceptors (Lipinski definition) is 6. The molecule has 0 radical (unpaired) electrons. The van der Waals surface area contributed by atoms with Gasteiger partial charge in [-0.25, -0.2) is 4.79 Å². The van der Waals surface area contributed by atoms with Gasteiger partial charge in [-0.1, -0.05) is 32.9 Å². The Morgan fingerprint density at radius 1 is 1.10 bits per heavy atom. The Labute approximate surface area is 232 Å². The molecule has 1 spiro atoms. The van der Waals surface area contributed by atoms with E-state index in [4.69, 9.17) is 14.2 Å². The molecule has 1 amide bonds. The first-order valence-corrected chi connectivity index (χ1v) is 15.2. The number of hydrogen-bond donors (Lipinski definition) is 1. The highest BCUT2D eigenvalue weighted by molar-refractivity contribution is 5.95. The van der Waals surface area contributed by atoms with Crippen molar-refractivity contribution in [1.82, 2.24) is 4.90 Å². The Kier molecular flexibility index (Phi) is 5.51. The Morgan fingerprint density at radius 2 is 1.74 bits per heavy atom. The van der Waals surface area contributed by atoms with E-state index in [9.17, 15) is 14.7 Å². The number of carbonyl (C=O) groups is 2. The number of fused-ring (bicyclic) bond motifs is 9. The molecule has 214 valence electrons. The van der Waals surface area contributed by atoms with Crippen LogP contribution in [0.3, 0.4) is 0 Å². The van der Waals surface area contributed by atoms with Crippen LogP contribution in [0.25, 0.3) is 0 Å². The van der Waals surface area contributed by atoms with E-state index in [-0.39, 0.29) is 41.7 Å². The number of ether oxygens (including phenoxy) is 3. The van der Waals surface area contributed by atoms with Crippen molar-refractivity contribution >= 4 is 11.9 Å². The molecule has 2 unspecified atom stereocenters. The second kappa shape index (κ2) is 8.19. The monoisotopic (exact) mass is 539 g/mol. The fourth-order valence-electron chi connectivity index (χ4n) is 9.92. The third kappa shape index (κ3) is 3.45. The van der Waals surface area contributed by atoms with Gasteiger partial charge in [0.2, 0.25) is 0 Å². The van der Waals surface area contributed by atoms with Gasteiger partial charge >= 0.3 is 6.09 Å². The molecule has 0 aromatic rings. The molecule has 1 N–H and O–H groups in total. The second-order valence-corrected chi connectivity index (χ2v) is 15.0. The average molecular weight is 540 g/mol. The zero-order chi connectivity index (χ0) is 27.7. The Hall–Kier alpha value is -1.70. The minimum absolute atomic E-state index is 0.0459. The van der Waals surface area contributed by atoms with E-state index < -0.39 is 29.0 Å². The third-order valence-electron chi connectivity index (χ3n) is 12.1. The van der Waals surface area contributed by atoms with Crippen LogP contribution in [0.2, 0.25) is 0 Å². The quantitative estimate of drug-likeness (QED) is 0.478. The van der Waals surface area contributed by atoms with Crippen molar-refractivity contribution in [2.45, 2.75) is 97.2 Å². The summed E-state index contributed by atoms with van der Waals surface area (Å²) in [5.74, 6) is 0.289. The standard InChI is InChI=1S/C32H45NO6/c1-17-13-31-18(2)11-23-24(29(23,3)4)22(25(31)34)12-21-16-37-30(5,6)39-27(21)32(31,36)26(17)38-28(35)33-14-19-7-8-20(15-33)10-9-19/h12-13,18-20,22-24,26-27,36H,7-11,14-16H2,1-6H3/t18?,19?,20?,22-,23+,24-,26-,27+,31?,32+/m0/s1. The van der Waals surface area contributed by atoms with E-state index in [0.29, 0.717) is 30.8 Å². The van der Waals surface area contributed by atoms with Crippen molar-refractivity contribution in [2.75, 3.05) is 19.7 Å². The molecule has 8 atom stereocenters. The zero-order valence-electron chi connectivity index (χ0n) is 24.4. The zero-order valence-corrected chi connectivity index (χ0v) is 24.4. The van der Waals surface area contributed by atoms with E-state index in [1.165, 1.54) is 0 Å². The van der Waals surface area contributed by atoms with Crippen molar-refractivity contribution in [3.63, 3.8) is 0 Å². The molecule has 7 nitrogen and oxygen atoms in total. The van der Waals surface area contributed by atoms with Gasteiger partial charge in [0.25, 0.3) is 0 Å². The minimum atomic E-state index is -1.75. The van der Waals surface area contributed by atoms with Crippen LogP contribution in [0.4, 0.5) is 4.79 Å². The number of rotatable bonds is 1. The Balaban J connectivity index is 1.32. The summed E-state index contributed by atoms with van der Waals surface area (Å²) < 4.78 is 19.0. The van der Waals surface area contributed by atoms with Crippen LogP contribution in [0.1, 0.15) is 73.6 Å². The SMILES string of the molecule is CC1=CC23C(=O)[C@@H](C=C4COC(C)(C)O[C@H]4[C@]2(O)[C@H]1OC(=O)N1CC2CCC(CC2)C1)[C@H]1[C@@H](CC3C)C1(C)C. The van der Waals surface area contributed by atoms with Gasteiger partial charge in [-0.3, -0.25) is 4.79 Å². The summed E-state index contributed by atoms with van der Waals surface area (Å²) in [4.78, 5) is 30.5. The molecule has 8 aliphatic rings. The van der Waals surface area contributed by atoms with Gasteiger partial charge in [-0.05, 0) is 99.0 Å². The molecule has 8 rings (SSSR count). The smallest absolute Gasteiger partial charge is 0.410 e. The van der Waals surface area contributed by atoms with Crippen molar-refractivity contribution in [1.29, 1.82) is 0 Å². The van der Waals surface area contributed by atoms with Gasteiger partial charge in [0.15, 0.2) is 23.3 Å². The number of amides is 1. The van der Waals surface area contributed by atoms with Crippen LogP contribution >= 0.6 is 0 Å². The number of nitrogens with zero attached hydrogens (tertiary/aromatic N) is 1. The molecular weight excluding hydrogens is 494 g/mol. The van der Waals surface area contributed by atoms with Gasteiger partial charge < -0.3 is 24.2 Å². The van der Waals surface area contributed by atoms with Crippen LogP contribution in [0.5, 0.6) is 0 Å². The van der Waals surface area contributed by atoms with E-state index >= 15 is 0 Å². The maximum absolute atomic E-state index is 14.8. The molecule has 5 aliphatic carbocycles. The molecule has 7 heteroatoms. The number of ketones is 1. The molecule has 6 fully saturated rings. The summed E-state index contributed by atoms with van der Waals surface area (Å²) in [6, 6.07) is 0. The first-order valence-electron chi connectivity index (χ1n) is 15.2. The molecule has 4 bridgehead atoms. The minimum Gasteiger partial charge on any atom is -0.438 e. The Bertz CT molecular complexity index is 1150. The first-order chi connectivity index (χ1) is 18.3. The number of aliphatic hydroxyl groups is 1. The fraction of sp³-hybridized carbons (Fsp3) is 0.812. The van der Waals surface area contributed by atoms with E-state index in [1.807, 2.05) is 31.7 Å². The predicted octanol–water partition coefficient (Wildman–Crippen LogP) is 4.88. The van der Waals surface area contributed by atoms with Crippen LogP contribution in [-0.4, -0.2) is 65.2 Å². The lowest BCUT2D eigenvalue weighted by atomic mass is 9.59. The largest absolute Gasteiger partial charge is 0.438 e. The van der Waals surface area contributed by atoms with Crippen molar-refractivity contribution < 1.29 is 28.9 Å². The fourth-order valence-corrected chi connectivity index (χ4v) is 9.92. The summed E-state index contributed by atoms with van der Waals surface area (Å²) in [5, 5.41) is 13.2. The summed E-state index contributed by atoms with van der Waals surface area (Å²) in [7, 11) is 0. The van der Waals surface area contributed by atoms with Crippen LogP contribution < -0.4 is 0 Å². The predicted molar refractivity (Wildman–Crippen MR) is 144 cm³/mol. The van der Waals surface area contributed by atoms with Crippen molar-refractivity contribution in [3.05, 3.63) is 23.3 Å². The van der Waals surface area contributed by atoms with Crippen LogP contribution in [0, 0.1) is 46.3 Å². The molecule has 39 heavy (non-hydrogen) atoms. The maximum Gasteiger partial charge on any atom is 0.410 e. The van der Waals surface area contributed by atoms with Crippen molar-refractivity contribution in [3.8, 4) is 0 Å². The van der Waals surface area contributed by atoms with E-state index in [0.717, 1.165) is 43.3 Å². The Morgan fingerprint density at radius 3 is 2.38 bits per heavy atom. The van der Waals surface area contributed by atoms with Crippen molar-refractivity contribution in [2.24, 2.45) is 46.3 Å². The highest BCUT2D eigenvalue weighted by atomic mass is 16.7. The first kappa shape index (κ1) is 26.2. The van der Waals surface area contributed by atoms with Gasteiger partial charge in [0.1, 0.15) is 6.10 Å². The normalized spacial score (nSPS) is 48.9. The summed E-state index contributed by atoms with van der Waals surface area (Å²) in [5.41, 5.74) is -1.35. The summed E-state index contributed by atoms with van der Waals surface area (Å²) >= 11 is 0. The molecule has 3 heterocycles. The van der Waals surface area contributed by atoms with Gasteiger partial charge in [0, 0.05) is 19.0 Å². The topological polar surface area (TPSA) is 85.3 Å². The second-order valence-electron chi connectivity index (χ2n) is 15.0. The molecular formula is C32H45NO6. The highest BCUT2D eigenvalue weighted by Crippen LogP contribution is 2.72. The lowest BCUT2D eigenvalue weighted by Crippen LogP contribution is -2.68. The van der Waals surface area contributed by atoms with E-state index in [2.05, 4.69) is 26.8 Å². The lowest BCUT2D eigenvalue weighted by Gasteiger charge is -2.52. The summed E-state index contributed by atoms with van der Waals surface area (Å²) in [6.45, 7) is 13.9. The van der Waals surface area contributed by atoms with Gasteiger partial charge in [-0.15, -0.1) is 0 Å². The average Bonchev–Trinajstić information content (AvgIpc) is 3.51. The summed E-state index contributed by atoms with van der Waals surface area (Å²) in [6.07, 6.45) is 7.35. The molecule has 0 aromatic heterocycles. The molecule has 3 aliphatic heterocycles. The molecule has 0 aromatic carbocycles. The van der Waals surface area contributed by atoms with E-state index in [1.54, 1.807) is 0 Å². The maximum atomic E-state index is 14.8. The molecule has 3 saturated heterocycles. The number of Topliss-reactive ketones (excluding diaryl/α,β-unsaturated/α-hetero) is 1. The van der Waals surface area contributed by atoms with Crippen LogP contribution in [-0.2, 0) is 19.0 Å². The van der Waals surface area contributed by atoms with Gasteiger partial charge in [-0.2, -0.15) is 0 Å². The van der Waals surface area contributed by atoms with Crippen LogP contribution in [0.15, 0.2) is 23.3 Å². The number of carbonyl (C=O) groups excluding carboxylic acids is 2. The lowest BCUT2D eigenvalue weighted by molar-refractivity contribution is -0.303. The highest BCUT2D eigenvalue weighted by Gasteiger charge is 2.77.